The summed E-state index contributed by atoms with van der Waals surface area (Å²) in [5.74, 6) is 0. The number of carbonyl (C=O) groups is 1. The summed E-state index contributed by atoms with van der Waals surface area (Å²) in [6.07, 6.45) is -1.50. The lowest BCUT2D eigenvalue weighted by molar-refractivity contribution is -0.190. The van der Waals surface area contributed by atoms with Gasteiger partial charge in [-0.15, -0.1) is 0 Å². The van der Waals surface area contributed by atoms with Crippen LogP contribution in [0.3, 0.4) is 0 Å². The molecule has 0 saturated carbocycles. The van der Waals surface area contributed by atoms with E-state index in [1.54, 1.807) is 13.8 Å². The summed E-state index contributed by atoms with van der Waals surface area (Å²) >= 11 is 0. The van der Waals surface area contributed by atoms with Crippen LogP contribution >= 0.6 is 0 Å². The van der Waals surface area contributed by atoms with E-state index < -0.39 is 6.16 Å². The quantitative estimate of drug-likeness (QED) is 0.339. The summed E-state index contributed by atoms with van der Waals surface area (Å²) in [6.45, 7) is 15.9. The first-order valence-corrected chi connectivity index (χ1v) is 8.27. The smallest absolute Gasteiger partial charge is 0.432 e. The minimum Gasteiger partial charge on any atom is -0.432 e. The maximum Gasteiger partial charge on any atom is 0.508 e. The highest BCUT2D eigenvalue weighted by molar-refractivity contribution is 5.59. The maximum absolute atomic E-state index is 11.4. The van der Waals surface area contributed by atoms with Crippen molar-refractivity contribution in [2.45, 2.75) is 79.2 Å². The van der Waals surface area contributed by atoms with Crippen LogP contribution in [0.2, 0.25) is 0 Å². The van der Waals surface area contributed by atoms with Gasteiger partial charge in [-0.05, 0) is 55.4 Å². The molecule has 7 heteroatoms. The van der Waals surface area contributed by atoms with Crippen molar-refractivity contribution in [2.24, 2.45) is 0 Å². The van der Waals surface area contributed by atoms with Crippen LogP contribution in [0.15, 0.2) is 0 Å². The van der Waals surface area contributed by atoms with Crippen molar-refractivity contribution in [3.8, 4) is 0 Å². The molecule has 0 amide bonds. The first-order chi connectivity index (χ1) is 10.9. The van der Waals surface area contributed by atoms with Gasteiger partial charge in [0.1, 0.15) is 13.2 Å². The largest absolute Gasteiger partial charge is 0.508 e. The van der Waals surface area contributed by atoms with Crippen molar-refractivity contribution in [3.63, 3.8) is 0 Å². The second-order valence-electron chi connectivity index (χ2n) is 7.28. The fraction of sp³-hybridized carbons (Fsp3) is 0.941. The second kappa shape index (κ2) is 10.9. The summed E-state index contributed by atoms with van der Waals surface area (Å²) < 4.78 is 31.6. The van der Waals surface area contributed by atoms with E-state index in [1.165, 1.54) is 0 Å². The SMILES string of the molecule is CC(OCCOC(=O)OCCOC(C)OC(C)(C)C)OC(C)(C)C. The van der Waals surface area contributed by atoms with Gasteiger partial charge in [0.15, 0.2) is 12.6 Å². The third-order valence-corrected chi connectivity index (χ3v) is 2.35. The zero-order valence-corrected chi connectivity index (χ0v) is 16.3. The highest BCUT2D eigenvalue weighted by atomic mass is 16.7. The van der Waals surface area contributed by atoms with E-state index in [4.69, 9.17) is 28.4 Å². The Morgan fingerprint density at radius 2 is 1.04 bits per heavy atom. The van der Waals surface area contributed by atoms with Gasteiger partial charge in [-0.25, -0.2) is 4.79 Å². The predicted octanol–water partition coefficient (Wildman–Crippen LogP) is 3.50. The summed E-state index contributed by atoms with van der Waals surface area (Å²) in [5, 5.41) is 0. The van der Waals surface area contributed by atoms with E-state index in [-0.39, 0.29) is 50.2 Å². The fourth-order valence-corrected chi connectivity index (χ4v) is 1.78. The average Bonchev–Trinajstić information content (AvgIpc) is 2.35. The van der Waals surface area contributed by atoms with Gasteiger partial charge < -0.3 is 28.4 Å². The summed E-state index contributed by atoms with van der Waals surface area (Å²) in [7, 11) is 0. The highest BCUT2D eigenvalue weighted by Crippen LogP contribution is 2.11. The number of hydrogen-bond acceptors (Lipinski definition) is 7. The zero-order valence-electron chi connectivity index (χ0n) is 16.3. The van der Waals surface area contributed by atoms with Crippen LogP contribution in [0, 0.1) is 0 Å². The van der Waals surface area contributed by atoms with Crippen LogP contribution in [-0.2, 0) is 28.4 Å². The van der Waals surface area contributed by atoms with E-state index in [2.05, 4.69) is 0 Å². The van der Waals surface area contributed by atoms with E-state index in [0.717, 1.165) is 0 Å². The molecule has 0 rings (SSSR count). The molecule has 0 aliphatic rings. The van der Waals surface area contributed by atoms with Crippen molar-refractivity contribution in [1.82, 2.24) is 0 Å². The normalized spacial score (nSPS) is 15.0. The number of carbonyl (C=O) groups excluding carboxylic acids is 1. The monoisotopic (exact) mass is 350 g/mol. The Labute approximate surface area is 145 Å². The third-order valence-electron chi connectivity index (χ3n) is 2.35. The number of hydrogen-bond donors (Lipinski definition) is 0. The summed E-state index contributed by atoms with van der Waals surface area (Å²) in [5.41, 5.74) is -0.569. The Hall–Kier alpha value is -0.890. The molecule has 7 nitrogen and oxygen atoms in total. The first-order valence-electron chi connectivity index (χ1n) is 8.27. The second-order valence-corrected chi connectivity index (χ2v) is 7.28. The third kappa shape index (κ3) is 16.0. The predicted molar refractivity (Wildman–Crippen MR) is 89.8 cm³/mol. The molecule has 0 bridgehead atoms. The first kappa shape index (κ1) is 23.1. The van der Waals surface area contributed by atoms with Gasteiger partial charge in [-0.1, -0.05) is 0 Å². The minimum absolute atomic E-state index is 0.0983. The van der Waals surface area contributed by atoms with Crippen LogP contribution in [-0.4, -0.2) is 56.4 Å². The molecule has 0 aliphatic heterocycles. The van der Waals surface area contributed by atoms with E-state index in [9.17, 15) is 4.79 Å². The Bertz CT molecular complexity index is 312. The van der Waals surface area contributed by atoms with Gasteiger partial charge in [-0.3, -0.25) is 0 Å². The highest BCUT2D eigenvalue weighted by Gasteiger charge is 2.16. The molecular formula is C17H34O7. The zero-order chi connectivity index (χ0) is 18.8. The van der Waals surface area contributed by atoms with Gasteiger partial charge in [0.25, 0.3) is 0 Å². The van der Waals surface area contributed by atoms with Gasteiger partial charge in [0.05, 0.1) is 24.4 Å². The van der Waals surface area contributed by atoms with Crippen molar-refractivity contribution in [2.75, 3.05) is 26.4 Å². The Balaban J connectivity index is 3.60. The molecule has 0 aliphatic carbocycles. The van der Waals surface area contributed by atoms with Crippen LogP contribution in [0.4, 0.5) is 4.79 Å². The number of ether oxygens (including phenoxy) is 6. The van der Waals surface area contributed by atoms with Crippen molar-refractivity contribution in [1.29, 1.82) is 0 Å². The maximum atomic E-state index is 11.4. The lowest BCUT2D eigenvalue weighted by Gasteiger charge is -2.25. The molecule has 0 heterocycles. The molecule has 0 radical (unpaired) electrons. The van der Waals surface area contributed by atoms with Crippen LogP contribution in [0.1, 0.15) is 55.4 Å². The Morgan fingerprint density at radius 3 is 1.33 bits per heavy atom. The standard InChI is InChI=1S/C17H34O7/c1-13(23-16(3,4)5)19-9-11-21-15(18)22-12-10-20-14(2)24-17(6,7)8/h13-14H,9-12H2,1-8H3. The van der Waals surface area contributed by atoms with Gasteiger partial charge in [0.2, 0.25) is 0 Å². The van der Waals surface area contributed by atoms with E-state index >= 15 is 0 Å². The molecule has 0 fully saturated rings. The summed E-state index contributed by atoms with van der Waals surface area (Å²) in [6, 6.07) is 0. The molecule has 2 atom stereocenters. The molecule has 0 aromatic rings. The van der Waals surface area contributed by atoms with Crippen LogP contribution < -0.4 is 0 Å². The van der Waals surface area contributed by atoms with Crippen molar-refractivity contribution >= 4 is 6.16 Å². The minimum atomic E-state index is -0.754. The molecule has 144 valence electrons. The van der Waals surface area contributed by atoms with Gasteiger partial charge in [-0.2, -0.15) is 0 Å². The molecule has 0 saturated heterocycles. The molecule has 0 aromatic carbocycles. The molecular weight excluding hydrogens is 316 g/mol. The van der Waals surface area contributed by atoms with Crippen LogP contribution in [0.5, 0.6) is 0 Å². The van der Waals surface area contributed by atoms with Gasteiger partial charge in [0, 0.05) is 0 Å². The van der Waals surface area contributed by atoms with Crippen molar-refractivity contribution < 1.29 is 33.2 Å². The Kier molecular flexibility index (Phi) is 10.5. The molecule has 24 heavy (non-hydrogen) atoms. The molecule has 0 spiro atoms. The van der Waals surface area contributed by atoms with E-state index in [1.807, 2.05) is 41.5 Å². The van der Waals surface area contributed by atoms with Crippen molar-refractivity contribution in [3.05, 3.63) is 0 Å². The summed E-state index contributed by atoms with van der Waals surface area (Å²) in [4.78, 5) is 11.4. The average molecular weight is 350 g/mol. The lowest BCUT2D eigenvalue weighted by Crippen LogP contribution is -2.29. The van der Waals surface area contributed by atoms with Crippen LogP contribution in [0.25, 0.3) is 0 Å². The fourth-order valence-electron chi connectivity index (χ4n) is 1.78. The van der Waals surface area contributed by atoms with Gasteiger partial charge >= 0.3 is 6.16 Å². The molecule has 2 unspecified atom stereocenters. The molecule has 0 aromatic heterocycles. The Morgan fingerprint density at radius 1 is 0.708 bits per heavy atom. The lowest BCUT2D eigenvalue weighted by atomic mass is 10.2. The number of rotatable bonds is 10. The topological polar surface area (TPSA) is 72.5 Å². The van der Waals surface area contributed by atoms with E-state index in [0.29, 0.717) is 0 Å². The molecule has 0 N–H and O–H groups in total.